The van der Waals surface area contributed by atoms with Gasteiger partial charge >= 0.3 is 0 Å². The second kappa shape index (κ2) is 7.23. The number of anilines is 2. The van der Waals surface area contributed by atoms with Crippen LogP contribution in [0.15, 0.2) is 78.9 Å². The van der Waals surface area contributed by atoms with Crippen LogP contribution in [0.5, 0.6) is 0 Å². The van der Waals surface area contributed by atoms with Crippen molar-refractivity contribution in [3.05, 3.63) is 95.3 Å². The lowest BCUT2D eigenvalue weighted by atomic mass is 9.90. The highest BCUT2D eigenvalue weighted by Gasteiger charge is 2.60. The van der Waals surface area contributed by atoms with Gasteiger partial charge in [0.05, 0.1) is 17.4 Å². The zero-order valence-corrected chi connectivity index (χ0v) is 16.4. The van der Waals surface area contributed by atoms with Crippen LogP contribution in [0.4, 0.5) is 15.8 Å². The monoisotopic (exact) mass is 422 g/mol. The summed E-state index contributed by atoms with van der Waals surface area (Å²) in [5.41, 5.74) is 1.79. The van der Waals surface area contributed by atoms with Gasteiger partial charge in [-0.05, 0) is 48.0 Å². The molecule has 5 rings (SSSR count). The molecule has 0 N–H and O–H groups in total. The van der Waals surface area contributed by atoms with Gasteiger partial charge in [0.25, 0.3) is 5.91 Å². The molecule has 0 bridgehead atoms. The minimum absolute atomic E-state index is 0.375. The van der Waals surface area contributed by atoms with E-state index in [4.69, 9.17) is 16.4 Å². The molecular weight excluding hydrogens is 407 g/mol. The molecule has 2 saturated heterocycles. The molecule has 0 saturated carbocycles. The van der Waals surface area contributed by atoms with Crippen molar-refractivity contribution in [3.63, 3.8) is 0 Å². The molecule has 3 unspecified atom stereocenters. The first-order valence-electron chi connectivity index (χ1n) is 9.44. The molecule has 5 nitrogen and oxygen atoms in total. The number of carbonyl (C=O) groups is 2. The van der Waals surface area contributed by atoms with Crippen LogP contribution in [0.1, 0.15) is 11.6 Å². The first kappa shape index (κ1) is 18.8. The van der Waals surface area contributed by atoms with Crippen molar-refractivity contribution in [2.24, 2.45) is 5.92 Å². The van der Waals surface area contributed by atoms with Crippen LogP contribution in [-0.4, -0.2) is 17.9 Å². The van der Waals surface area contributed by atoms with Crippen LogP contribution in [-0.2, 0) is 14.4 Å². The number of rotatable bonds is 3. The number of imide groups is 1. The Morgan fingerprint density at radius 2 is 1.53 bits per heavy atom. The maximum absolute atomic E-state index is 13.5. The minimum atomic E-state index is -0.980. The lowest BCUT2D eigenvalue weighted by Crippen LogP contribution is -2.37. The molecule has 2 aliphatic rings. The van der Waals surface area contributed by atoms with Crippen LogP contribution < -0.4 is 9.96 Å². The topological polar surface area (TPSA) is 49.9 Å². The largest absolute Gasteiger partial charge is 0.273 e. The van der Waals surface area contributed by atoms with Gasteiger partial charge in [0, 0.05) is 5.02 Å². The summed E-state index contributed by atoms with van der Waals surface area (Å²) in [6.45, 7) is 0. The van der Waals surface area contributed by atoms with E-state index in [1.807, 2.05) is 30.3 Å². The highest BCUT2D eigenvalue weighted by Crippen LogP contribution is 2.47. The molecule has 0 aliphatic carbocycles. The lowest BCUT2D eigenvalue weighted by molar-refractivity contribution is -0.126. The van der Waals surface area contributed by atoms with Crippen molar-refractivity contribution in [3.8, 4) is 0 Å². The van der Waals surface area contributed by atoms with Crippen LogP contribution >= 0.6 is 11.6 Å². The molecule has 2 amide bonds. The Bertz CT molecular complexity index is 1120. The van der Waals surface area contributed by atoms with Gasteiger partial charge in [-0.1, -0.05) is 48.0 Å². The number of amides is 2. The number of halogens is 2. The van der Waals surface area contributed by atoms with Crippen LogP contribution in [0.25, 0.3) is 0 Å². The number of hydrogen-bond donors (Lipinski definition) is 0. The fraction of sp³-hybridized carbons (Fsp3) is 0.130. The predicted octanol–water partition coefficient (Wildman–Crippen LogP) is 4.53. The predicted molar refractivity (Wildman–Crippen MR) is 110 cm³/mol. The number of benzene rings is 3. The normalized spacial score (nSPS) is 23.2. The third-order valence-corrected chi connectivity index (χ3v) is 5.64. The maximum atomic E-state index is 13.5. The Hall–Kier alpha value is -3.22. The van der Waals surface area contributed by atoms with Crippen LogP contribution in [0.3, 0.4) is 0 Å². The summed E-state index contributed by atoms with van der Waals surface area (Å²) in [6.07, 6.45) is -0.980. The number of carbonyl (C=O) groups excluding carboxylic acids is 2. The number of para-hydroxylation sites is 1. The van der Waals surface area contributed by atoms with Gasteiger partial charge in [0.15, 0.2) is 6.10 Å². The Balaban J connectivity index is 1.59. The SMILES string of the molecule is O=C1C2ON(c3ccccc3)C(c3ccc(F)cc3)C2C(=O)N1c1cccc(Cl)c1. The molecule has 150 valence electrons. The van der Waals surface area contributed by atoms with Crippen molar-refractivity contribution in [2.75, 3.05) is 9.96 Å². The van der Waals surface area contributed by atoms with Gasteiger partial charge in [-0.2, -0.15) is 0 Å². The summed E-state index contributed by atoms with van der Waals surface area (Å²) in [6, 6.07) is 21.1. The molecule has 3 atom stereocenters. The van der Waals surface area contributed by atoms with E-state index < -0.39 is 24.0 Å². The third kappa shape index (κ3) is 2.96. The molecule has 3 aromatic carbocycles. The fourth-order valence-electron chi connectivity index (χ4n) is 4.08. The Morgan fingerprint density at radius 1 is 0.833 bits per heavy atom. The molecule has 2 heterocycles. The van der Waals surface area contributed by atoms with Gasteiger partial charge in [0.1, 0.15) is 11.7 Å². The van der Waals surface area contributed by atoms with Crippen molar-refractivity contribution >= 4 is 34.8 Å². The molecular formula is C23H16ClFN2O3. The van der Waals surface area contributed by atoms with Gasteiger partial charge in [-0.25, -0.2) is 14.4 Å². The minimum Gasteiger partial charge on any atom is -0.273 e. The van der Waals surface area contributed by atoms with E-state index in [2.05, 4.69) is 0 Å². The zero-order chi connectivity index (χ0) is 20.8. The maximum Gasteiger partial charge on any atom is 0.266 e. The van der Waals surface area contributed by atoms with E-state index in [9.17, 15) is 14.0 Å². The second-order valence-electron chi connectivity index (χ2n) is 7.20. The Kier molecular flexibility index (Phi) is 4.53. The Morgan fingerprint density at radius 3 is 2.23 bits per heavy atom. The summed E-state index contributed by atoms with van der Waals surface area (Å²) in [7, 11) is 0. The van der Waals surface area contributed by atoms with E-state index in [0.717, 1.165) is 4.90 Å². The van der Waals surface area contributed by atoms with Gasteiger partial charge < -0.3 is 0 Å². The van der Waals surface area contributed by atoms with Crippen LogP contribution in [0.2, 0.25) is 5.02 Å². The number of hydroxylamine groups is 1. The van der Waals surface area contributed by atoms with E-state index in [-0.39, 0.29) is 11.7 Å². The average molecular weight is 423 g/mol. The number of hydrogen-bond acceptors (Lipinski definition) is 4. The van der Waals surface area contributed by atoms with Gasteiger partial charge in [-0.15, -0.1) is 0 Å². The Labute approximate surface area is 177 Å². The number of fused-ring (bicyclic) bond motifs is 1. The molecule has 7 heteroatoms. The third-order valence-electron chi connectivity index (χ3n) is 5.40. The van der Waals surface area contributed by atoms with Crippen molar-refractivity contribution < 1.29 is 18.8 Å². The van der Waals surface area contributed by atoms with Crippen LogP contribution in [0, 0.1) is 11.7 Å². The highest BCUT2D eigenvalue weighted by molar-refractivity contribution is 6.31. The van der Waals surface area contributed by atoms with Gasteiger partial charge in [-0.3, -0.25) is 14.4 Å². The van der Waals surface area contributed by atoms with E-state index in [0.29, 0.717) is 22.0 Å². The summed E-state index contributed by atoms with van der Waals surface area (Å²) >= 11 is 6.06. The van der Waals surface area contributed by atoms with Crippen molar-refractivity contribution in [2.45, 2.75) is 12.1 Å². The first-order valence-corrected chi connectivity index (χ1v) is 9.82. The average Bonchev–Trinajstić information content (AvgIpc) is 3.26. The quantitative estimate of drug-likeness (QED) is 0.582. The molecule has 0 radical (unpaired) electrons. The smallest absolute Gasteiger partial charge is 0.266 e. The van der Waals surface area contributed by atoms with E-state index >= 15 is 0 Å². The second-order valence-corrected chi connectivity index (χ2v) is 7.64. The summed E-state index contributed by atoms with van der Waals surface area (Å²) in [5, 5.41) is 2.00. The fourth-order valence-corrected chi connectivity index (χ4v) is 4.27. The van der Waals surface area contributed by atoms with E-state index in [1.54, 1.807) is 41.5 Å². The van der Waals surface area contributed by atoms with E-state index in [1.165, 1.54) is 12.1 Å². The van der Waals surface area contributed by atoms with Crippen molar-refractivity contribution in [1.29, 1.82) is 0 Å². The molecule has 30 heavy (non-hydrogen) atoms. The summed E-state index contributed by atoms with van der Waals surface area (Å²) in [5.74, 6) is -1.98. The first-order chi connectivity index (χ1) is 14.5. The molecule has 2 aliphatic heterocycles. The van der Waals surface area contributed by atoms with Gasteiger partial charge in [0.2, 0.25) is 5.91 Å². The standard InChI is InChI=1S/C23H16ClFN2O3/c24-15-5-4-8-18(13-15)26-22(28)19-20(14-9-11-16(25)12-10-14)27(30-21(19)23(26)29)17-6-2-1-3-7-17/h1-13,19-21H. The lowest BCUT2D eigenvalue weighted by Gasteiger charge is -2.28. The zero-order valence-electron chi connectivity index (χ0n) is 15.6. The number of nitrogens with zero attached hydrogens (tertiary/aromatic N) is 2. The molecule has 3 aromatic rings. The highest BCUT2D eigenvalue weighted by atomic mass is 35.5. The van der Waals surface area contributed by atoms with Crippen molar-refractivity contribution in [1.82, 2.24) is 0 Å². The summed E-state index contributed by atoms with van der Waals surface area (Å²) < 4.78 is 13.5. The molecule has 0 aromatic heterocycles. The molecule has 0 spiro atoms. The molecule has 2 fully saturated rings. The summed E-state index contributed by atoms with van der Waals surface area (Å²) in [4.78, 5) is 33.7.